The molecule has 0 bridgehead atoms. The van der Waals surface area contributed by atoms with Crippen molar-refractivity contribution in [2.24, 2.45) is 11.3 Å². The lowest BCUT2D eigenvalue weighted by atomic mass is 9.73. The average molecular weight is 235 g/mol. The Bertz CT molecular complexity index is 360. The van der Waals surface area contributed by atoms with Crippen LogP contribution in [0, 0.1) is 11.3 Å². The molecule has 17 heavy (non-hydrogen) atoms. The normalized spacial score (nSPS) is 20.1. The third-order valence-electron chi connectivity index (χ3n) is 3.76. The number of rotatable bonds is 3. The molecule has 1 fully saturated rings. The summed E-state index contributed by atoms with van der Waals surface area (Å²) in [4.78, 5) is 11.7. The molecule has 0 aromatic carbocycles. The molecule has 1 aromatic heterocycles. The summed E-state index contributed by atoms with van der Waals surface area (Å²) in [5.41, 5.74) is 1.03. The van der Waals surface area contributed by atoms with E-state index in [-0.39, 0.29) is 5.91 Å². The van der Waals surface area contributed by atoms with Crippen LogP contribution in [0.3, 0.4) is 0 Å². The molecule has 1 saturated carbocycles. The molecule has 1 amide bonds. The topological polar surface area (TPSA) is 57.8 Å². The second-order valence-electron chi connectivity index (χ2n) is 5.79. The maximum Gasteiger partial charge on any atom is 0.269 e. The number of hydrogen-bond acceptors (Lipinski definition) is 2. The van der Waals surface area contributed by atoms with Gasteiger partial charge < -0.3 is 5.32 Å². The SMILES string of the molecule is CC1(C)CCC(CNC(=O)c2ccn[nH]2)CC1. The lowest BCUT2D eigenvalue weighted by molar-refractivity contribution is 0.0931. The lowest BCUT2D eigenvalue weighted by Crippen LogP contribution is -2.32. The largest absolute Gasteiger partial charge is 0.350 e. The first-order valence-electron chi connectivity index (χ1n) is 6.34. The van der Waals surface area contributed by atoms with Crippen LogP contribution in [0.15, 0.2) is 12.3 Å². The number of aromatic nitrogens is 2. The molecule has 4 nitrogen and oxygen atoms in total. The third-order valence-corrected chi connectivity index (χ3v) is 3.76. The average Bonchev–Trinajstić information content (AvgIpc) is 2.80. The van der Waals surface area contributed by atoms with Crippen molar-refractivity contribution in [2.75, 3.05) is 6.54 Å². The zero-order valence-corrected chi connectivity index (χ0v) is 10.6. The van der Waals surface area contributed by atoms with E-state index >= 15 is 0 Å². The van der Waals surface area contributed by atoms with Crippen LogP contribution in [0.1, 0.15) is 50.0 Å². The molecule has 1 heterocycles. The Hall–Kier alpha value is -1.32. The highest BCUT2D eigenvalue weighted by Gasteiger charge is 2.26. The van der Waals surface area contributed by atoms with E-state index in [0.29, 0.717) is 17.0 Å². The molecule has 4 heteroatoms. The number of aromatic amines is 1. The highest BCUT2D eigenvalue weighted by molar-refractivity contribution is 5.92. The van der Waals surface area contributed by atoms with Crippen LogP contribution in [0.4, 0.5) is 0 Å². The molecule has 1 aliphatic carbocycles. The van der Waals surface area contributed by atoms with Crippen LogP contribution in [0.5, 0.6) is 0 Å². The quantitative estimate of drug-likeness (QED) is 0.845. The first-order chi connectivity index (χ1) is 8.07. The van der Waals surface area contributed by atoms with Crippen molar-refractivity contribution in [3.05, 3.63) is 18.0 Å². The standard InChI is InChI=1S/C13H21N3O/c1-13(2)6-3-10(4-7-13)9-14-12(17)11-5-8-15-16-11/h5,8,10H,3-4,6-7,9H2,1-2H3,(H,14,17)(H,15,16). The van der Waals surface area contributed by atoms with E-state index in [1.807, 2.05) is 0 Å². The summed E-state index contributed by atoms with van der Waals surface area (Å²) < 4.78 is 0. The summed E-state index contributed by atoms with van der Waals surface area (Å²) >= 11 is 0. The Labute approximate surface area is 102 Å². The van der Waals surface area contributed by atoms with Crippen molar-refractivity contribution in [1.82, 2.24) is 15.5 Å². The lowest BCUT2D eigenvalue weighted by Gasteiger charge is -2.34. The maximum absolute atomic E-state index is 11.7. The van der Waals surface area contributed by atoms with Gasteiger partial charge in [-0.25, -0.2) is 0 Å². The van der Waals surface area contributed by atoms with Gasteiger partial charge in [0.2, 0.25) is 0 Å². The Morgan fingerprint density at radius 1 is 1.53 bits per heavy atom. The van der Waals surface area contributed by atoms with Gasteiger partial charge in [0.05, 0.1) is 0 Å². The van der Waals surface area contributed by atoms with Gasteiger partial charge in [-0.1, -0.05) is 13.8 Å². The molecule has 2 rings (SSSR count). The van der Waals surface area contributed by atoms with Gasteiger partial charge in [-0.05, 0) is 43.1 Å². The van der Waals surface area contributed by atoms with Crippen LogP contribution < -0.4 is 5.32 Å². The van der Waals surface area contributed by atoms with E-state index < -0.39 is 0 Å². The fourth-order valence-corrected chi connectivity index (χ4v) is 2.38. The summed E-state index contributed by atoms with van der Waals surface area (Å²) in [5.74, 6) is 0.585. The second kappa shape index (κ2) is 4.90. The smallest absolute Gasteiger partial charge is 0.269 e. The van der Waals surface area contributed by atoms with Crippen molar-refractivity contribution in [1.29, 1.82) is 0 Å². The molecular formula is C13H21N3O. The summed E-state index contributed by atoms with van der Waals surface area (Å²) in [6.07, 6.45) is 6.56. The van der Waals surface area contributed by atoms with Crippen LogP contribution in [0.2, 0.25) is 0 Å². The van der Waals surface area contributed by atoms with E-state index in [2.05, 4.69) is 29.4 Å². The summed E-state index contributed by atoms with van der Waals surface area (Å²) in [7, 11) is 0. The van der Waals surface area contributed by atoms with Gasteiger partial charge in [-0.2, -0.15) is 5.10 Å². The third kappa shape index (κ3) is 3.32. The first-order valence-corrected chi connectivity index (χ1v) is 6.34. The number of H-pyrrole nitrogens is 1. The molecular weight excluding hydrogens is 214 g/mol. The monoisotopic (exact) mass is 235 g/mol. The van der Waals surface area contributed by atoms with Gasteiger partial charge in [0.1, 0.15) is 5.69 Å². The van der Waals surface area contributed by atoms with Crippen LogP contribution >= 0.6 is 0 Å². The van der Waals surface area contributed by atoms with Crippen LogP contribution in [-0.4, -0.2) is 22.6 Å². The Morgan fingerprint density at radius 3 is 2.82 bits per heavy atom. The first kappa shape index (κ1) is 12.1. The van der Waals surface area contributed by atoms with Gasteiger partial charge in [0.15, 0.2) is 0 Å². The maximum atomic E-state index is 11.7. The van der Waals surface area contributed by atoms with Gasteiger partial charge in [-0.3, -0.25) is 9.89 Å². The van der Waals surface area contributed by atoms with Crippen molar-refractivity contribution in [2.45, 2.75) is 39.5 Å². The second-order valence-corrected chi connectivity index (χ2v) is 5.79. The van der Waals surface area contributed by atoms with Crippen molar-refractivity contribution < 1.29 is 4.79 Å². The molecule has 0 atom stereocenters. The zero-order valence-electron chi connectivity index (χ0n) is 10.6. The number of nitrogens with one attached hydrogen (secondary N) is 2. The Morgan fingerprint density at radius 2 is 2.24 bits per heavy atom. The molecule has 0 radical (unpaired) electrons. The molecule has 0 unspecified atom stereocenters. The molecule has 0 spiro atoms. The summed E-state index contributed by atoms with van der Waals surface area (Å²) in [6, 6.07) is 1.69. The summed E-state index contributed by atoms with van der Waals surface area (Å²) in [5, 5.41) is 9.42. The number of hydrogen-bond donors (Lipinski definition) is 2. The minimum Gasteiger partial charge on any atom is -0.350 e. The molecule has 94 valence electrons. The van der Waals surface area contributed by atoms with E-state index in [1.54, 1.807) is 12.3 Å². The van der Waals surface area contributed by atoms with Crippen molar-refractivity contribution >= 4 is 5.91 Å². The van der Waals surface area contributed by atoms with Gasteiger partial charge >= 0.3 is 0 Å². The number of carbonyl (C=O) groups excluding carboxylic acids is 1. The predicted molar refractivity (Wildman–Crippen MR) is 66.7 cm³/mol. The number of amides is 1. The molecule has 1 aromatic rings. The van der Waals surface area contributed by atoms with Gasteiger partial charge in [-0.15, -0.1) is 0 Å². The molecule has 0 saturated heterocycles. The Balaban J connectivity index is 1.75. The number of nitrogens with zero attached hydrogens (tertiary/aromatic N) is 1. The van der Waals surface area contributed by atoms with E-state index in [4.69, 9.17) is 0 Å². The molecule has 1 aliphatic rings. The Kier molecular flexibility index (Phi) is 3.50. The molecule has 2 N–H and O–H groups in total. The van der Waals surface area contributed by atoms with Crippen LogP contribution in [0.25, 0.3) is 0 Å². The van der Waals surface area contributed by atoms with Gasteiger partial charge in [0, 0.05) is 12.7 Å². The predicted octanol–water partition coefficient (Wildman–Crippen LogP) is 2.36. The fourth-order valence-electron chi connectivity index (χ4n) is 2.38. The minimum atomic E-state index is -0.0488. The van der Waals surface area contributed by atoms with Crippen LogP contribution in [-0.2, 0) is 0 Å². The van der Waals surface area contributed by atoms with E-state index in [1.165, 1.54) is 25.7 Å². The van der Waals surface area contributed by atoms with E-state index in [9.17, 15) is 4.79 Å². The highest BCUT2D eigenvalue weighted by atomic mass is 16.1. The minimum absolute atomic E-state index is 0.0488. The summed E-state index contributed by atoms with van der Waals surface area (Å²) in [6.45, 7) is 5.44. The fraction of sp³-hybridized carbons (Fsp3) is 0.692. The molecule has 0 aliphatic heterocycles. The van der Waals surface area contributed by atoms with Gasteiger partial charge in [0.25, 0.3) is 5.91 Å². The highest BCUT2D eigenvalue weighted by Crippen LogP contribution is 2.37. The van der Waals surface area contributed by atoms with Crippen molar-refractivity contribution in [3.63, 3.8) is 0 Å². The zero-order chi connectivity index (χ0) is 12.3. The van der Waals surface area contributed by atoms with E-state index in [0.717, 1.165) is 6.54 Å². The number of carbonyl (C=O) groups is 1. The van der Waals surface area contributed by atoms with Crippen molar-refractivity contribution in [3.8, 4) is 0 Å².